The molecule has 1 heterocycles. The monoisotopic (exact) mass is 343 g/mol. The molecule has 0 aliphatic rings. The highest BCUT2D eigenvalue weighted by Crippen LogP contribution is 2.28. The van der Waals surface area contributed by atoms with E-state index in [1.807, 2.05) is 6.92 Å². The fourth-order valence-electron chi connectivity index (χ4n) is 2.08. The molecule has 0 radical (unpaired) electrons. The summed E-state index contributed by atoms with van der Waals surface area (Å²) in [5.41, 5.74) is 0.803. The number of ether oxygens (including phenoxy) is 1. The van der Waals surface area contributed by atoms with Crippen LogP contribution in [0.1, 0.15) is 17.3 Å². The Labute approximate surface area is 142 Å². The van der Waals surface area contributed by atoms with Crippen LogP contribution in [0.5, 0.6) is 5.75 Å². The largest absolute Gasteiger partial charge is 0.494 e. The van der Waals surface area contributed by atoms with Crippen LogP contribution in [0.4, 0.5) is 9.52 Å². The molecule has 0 aliphatic carbocycles. The normalized spacial score (nSPS) is 10.4. The number of benzene rings is 2. The minimum absolute atomic E-state index is 0.306. The quantitative estimate of drug-likeness (QED) is 0.761. The predicted molar refractivity (Wildman–Crippen MR) is 90.9 cm³/mol. The van der Waals surface area contributed by atoms with Crippen molar-refractivity contribution in [3.05, 3.63) is 59.9 Å². The third kappa shape index (κ3) is 3.57. The van der Waals surface area contributed by atoms with E-state index in [9.17, 15) is 9.18 Å². The maximum atomic E-state index is 13.8. The van der Waals surface area contributed by atoms with Crippen molar-refractivity contribution in [2.24, 2.45) is 0 Å². The lowest BCUT2D eigenvalue weighted by atomic mass is 10.2. The highest BCUT2D eigenvalue weighted by Gasteiger charge is 2.13. The van der Waals surface area contributed by atoms with Gasteiger partial charge in [0, 0.05) is 11.1 Å². The summed E-state index contributed by atoms with van der Waals surface area (Å²) < 4.78 is 19.1. The molecule has 1 N–H and O–H groups in total. The Kier molecular flexibility index (Phi) is 4.81. The number of halogens is 1. The lowest BCUT2D eigenvalue weighted by Crippen LogP contribution is -2.11. The third-order valence-electron chi connectivity index (χ3n) is 3.16. The van der Waals surface area contributed by atoms with Crippen molar-refractivity contribution in [2.75, 3.05) is 11.9 Å². The van der Waals surface area contributed by atoms with Crippen LogP contribution in [-0.2, 0) is 0 Å². The number of hydrogen-bond acceptors (Lipinski definition) is 5. The van der Waals surface area contributed by atoms with Gasteiger partial charge in [-0.25, -0.2) is 4.39 Å². The molecule has 0 atom stereocenters. The molecule has 0 fully saturated rings. The molecular weight excluding hydrogens is 329 g/mol. The highest BCUT2D eigenvalue weighted by molar-refractivity contribution is 7.18. The molecule has 1 aromatic heterocycles. The molecular formula is C17H14FN3O2S. The second-order valence-electron chi connectivity index (χ2n) is 4.81. The molecule has 3 rings (SSSR count). The highest BCUT2D eigenvalue weighted by atomic mass is 32.1. The van der Waals surface area contributed by atoms with Gasteiger partial charge in [0.15, 0.2) is 5.01 Å². The Morgan fingerprint density at radius 3 is 2.83 bits per heavy atom. The van der Waals surface area contributed by atoms with Crippen molar-refractivity contribution in [2.45, 2.75) is 6.92 Å². The molecule has 0 saturated carbocycles. The summed E-state index contributed by atoms with van der Waals surface area (Å²) >= 11 is 1.11. The van der Waals surface area contributed by atoms with Crippen molar-refractivity contribution < 1.29 is 13.9 Å². The van der Waals surface area contributed by atoms with Crippen LogP contribution >= 0.6 is 11.3 Å². The number of carbonyl (C=O) groups excluding carboxylic acids is 1. The number of carbonyl (C=O) groups is 1. The van der Waals surface area contributed by atoms with E-state index >= 15 is 0 Å². The topological polar surface area (TPSA) is 64.1 Å². The fourth-order valence-corrected chi connectivity index (χ4v) is 2.85. The van der Waals surface area contributed by atoms with E-state index < -0.39 is 0 Å². The van der Waals surface area contributed by atoms with Gasteiger partial charge >= 0.3 is 0 Å². The average Bonchev–Trinajstić information content (AvgIpc) is 3.04. The molecule has 0 spiro atoms. The lowest BCUT2D eigenvalue weighted by Gasteiger charge is -2.05. The zero-order valence-electron chi connectivity index (χ0n) is 12.8. The van der Waals surface area contributed by atoms with Crippen LogP contribution in [0.25, 0.3) is 10.6 Å². The number of anilines is 1. The van der Waals surface area contributed by atoms with Gasteiger partial charge in [-0.2, -0.15) is 0 Å². The molecule has 1 amide bonds. The molecule has 7 heteroatoms. The fraction of sp³-hybridized carbons (Fsp3) is 0.118. The van der Waals surface area contributed by atoms with Crippen LogP contribution in [0.15, 0.2) is 48.5 Å². The maximum absolute atomic E-state index is 13.8. The number of amides is 1. The summed E-state index contributed by atoms with van der Waals surface area (Å²) in [4.78, 5) is 12.3. The summed E-state index contributed by atoms with van der Waals surface area (Å²) in [6.07, 6.45) is 0. The van der Waals surface area contributed by atoms with Gasteiger partial charge in [0.1, 0.15) is 11.6 Å². The molecule has 0 bridgehead atoms. The molecule has 3 aromatic rings. The second kappa shape index (κ2) is 7.18. The third-order valence-corrected chi connectivity index (χ3v) is 4.03. The van der Waals surface area contributed by atoms with Crippen molar-refractivity contribution in [3.63, 3.8) is 0 Å². The Morgan fingerprint density at radius 1 is 1.21 bits per heavy atom. The summed E-state index contributed by atoms with van der Waals surface area (Å²) in [7, 11) is 0. The molecule has 0 saturated heterocycles. The predicted octanol–water partition coefficient (Wildman–Crippen LogP) is 4.00. The molecule has 2 aromatic carbocycles. The summed E-state index contributed by atoms with van der Waals surface area (Å²) in [5, 5.41) is 11.2. The minimum atomic E-state index is -0.379. The minimum Gasteiger partial charge on any atom is -0.494 e. The van der Waals surface area contributed by atoms with E-state index in [0.717, 1.165) is 11.3 Å². The first-order valence-electron chi connectivity index (χ1n) is 7.30. The average molecular weight is 343 g/mol. The van der Waals surface area contributed by atoms with Crippen LogP contribution in [-0.4, -0.2) is 22.7 Å². The standard InChI is InChI=1S/C17H14FN3O2S/c1-2-23-12-7-5-6-11(10-12)15(22)19-17-21-20-16(24-17)13-8-3-4-9-14(13)18/h3-10H,2H2,1H3,(H,19,21,22). The van der Waals surface area contributed by atoms with Crippen molar-refractivity contribution in [3.8, 4) is 16.3 Å². The first-order chi connectivity index (χ1) is 11.7. The van der Waals surface area contributed by atoms with E-state index in [4.69, 9.17) is 4.74 Å². The first-order valence-corrected chi connectivity index (χ1v) is 8.11. The van der Waals surface area contributed by atoms with Crippen LogP contribution < -0.4 is 10.1 Å². The van der Waals surface area contributed by atoms with Crippen molar-refractivity contribution >= 4 is 22.4 Å². The van der Waals surface area contributed by atoms with E-state index in [1.165, 1.54) is 6.07 Å². The second-order valence-corrected chi connectivity index (χ2v) is 5.78. The zero-order chi connectivity index (χ0) is 16.9. The molecule has 0 unspecified atom stereocenters. The number of nitrogens with one attached hydrogen (secondary N) is 1. The molecule has 5 nitrogen and oxygen atoms in total. The molecule has 0 aliphatic heterocycles. The Morgan fingerprint density at radius 2 is 2.04 bits per heavy atom. The van der Waals surface area contributed by atoms with Gasteiger partial charge in [0.2, 0.25) is 5.13 Å². The summed E-state index contributed by atoms with van der Waals surface area (Å²) in [6.45, 7) is 2.39. The van der Waals surface area contributed by atoms with E-state index in [-0.39, 0.29) is 11.7 Å². The maximum Gasteiger partial charge on any atom is 0.257 e. The Balaban J connectivity index is 1.76. The SMILES string of the molecule is CCOc1cccc(C(=O)Nc2nnc(-c3ccccc3F)s2)c1. The summed E-state index contributed by atoms with van der Waals surface area (Å²) in [5.74, 6) is -0.0850. The van der Waals surface area contributed by atoms with Gasteiger partial charge < -0.3 is 4.74 Å². The van der Waals surface area contributed by atoms with E-state index in [0.29, 0.717) is 33.6 Å². The van der Waals surface area contributed by atoms with Crippen LogP contribution in [0, 0.1) is 5.82 Å². The zero-order valence-corrected chi connectivity index (χ0v) is 13.6. The van der Waals surface area contributed by atoms with Gasteiger partial charge in [-0.3, -0.25) is 10.1 Å². The molecule has 24 heavy (non-hydrogen) atoms. The van der Waals surface area contributed by atoms with Crippen molar-refractivity contribution in [1.82, 2.24) is 10.2 Å². The first kappa shape index (κ1) is 16.1. The van der Waals surface area contributed by atoms with Gasteiger partial charge in [0.25, 0.3) is 5.91 Å². The molecule has 122 valence electrons. The van der Waals surface area contributed by atoms with Gasteiger partial charge in [-0.15, -0.1) is 10.2 Å². The lowest BCUT2D eigenvalue weighted by molar-refractivity contribution is 0.102. The number of hydrogen-bond donors (Lipinski definition) is 1. The van der Waals surface area contributed by atoms with Gasteiger partial charge in [0.05, 0.1) is 6.61 Å². The number of aromatic nitrogens is 2. The van der Waals surface area contributed by atoms with Crippen molar-refractivity contribution in [1.29, 1.82) is 0 Å². The Bertz CT molecular complexity index is 866. The number of nitrogens with zero attached hydrogens (tertiary/aromatic N) is 2. The van der Waals surface area contributed by atoms with E-state index in [2.05, 4.69) is 15.5 Å². The summed E-state index contributed by atoms with van der Waals surface area (Å²) in [6, 6.07) is 13.1. The van der Waals surface area contributed by atoms with Gasteiger partial charge in [-0.05, 0) is 37.3 Å². The smallest absolute Gasteiger partial charge is 0.257 e. The Hall–Kier alpha value is -2.80. The number of rotatable bonds is 5. The van der Waals surface area contributed by atoms with Crippen LogP contribution in [0.3, 0.4) is 0 Å². The van der Waals surface area contributed by atoms with Crippen LogP contribution in [0.2, 0.25) is 0 Å². The van der Waals surface area contributed by atoms with E-state index in [1.54, 1.807) is 42.5 Å². The van der Waals surface area contributed by atoms with Gasteiger partial charge in [-0.1, -0.05) is 29.5 Å².